The molecule has 156 valence electrons. The predicted molar refractivity (Wildman–Crippen MR) is 106 cm³/mol. The van der Waals surface area contributed by atoms with Crippen LogP contribution in [0.3, 0.4) is 0 Å². The molecule has 2 aliphatic rings. The normalized spacial score (nSPS) is 24.8. The summed E-state index contributed by atoms with van der Waals surface area (Å²) in [5.41, 5.74) is 3.29. The Balaban J connectivity index is 1.45. The zero-order valence-electron chi connectivity index (χ0n) is 17.7. The molecule has 2 aliphatic heterocycles. The van der Waals surface area contributed by atoms with E-state index < -0.39 is 0 Å². The van der Waals surface area contributed by atoms with E-state index in [4.69, 9.17) is 4.74 Å². The molecule has 0 bridgehead atoms. The number of carbonyl (C=O) groups excluding carboxylic acids is 2. The number of aryl methyl sites for hydroxylation is 2. The number of carbonyl (C=O) groups is 2. The standard InChI is InChI=1S/C20H33N5O3/c1-13-18(14(2)24(5)22-13)6-7-19(26)21-15-8-16-12-28-17(11-25(16)10-15)9-20(27)23(3)4/h15-17H,6-12H2,1-5H3,(H,21,26)/t15-,16-,17-/m0/s1. The molecule has 8 nitrogen and oxygen atoms in total. The molecule has 2 fully saturated rings. The first kappa shape index (κ1) is 20.8. The molecule has 8 heteroatoms. The summed E-state index contributed by atoms with van der Waals surface area (Å²) < 4.78 is 7.76. The van der Waals surface area contributed by atoms with Gasteiger partial charge in [0, 0.05) is 58.4 Å². The number of aromatic nitrogens is 2. The molecule has 28 heavy (non-hydrogen) atoms. The SMILES string of the molecule is Cc1nn(C)c(C)c1CCC(=O)N[C@H]1C[C@H]2CO[C@@H](CC(=O)N(C)C)CN2C1. The fraction of sp³-hybridized carbons (Fsp3) is 0.750. The van der Waals surface area contributed by atoms with E-state index in [0.717, 1.165) is 37.3 Å². The largest absolute Gasteiger partial charge is 0.375 e. The zero-order valence-corrected chi connectivity index (χ0v) is 17.7. The summed E-state index contributed by atoms with van der Waals surface area (Å²) in [7, 11) is 5.47. The Morgan fingerprint density at radius 3 is 2.68 bits per heavy atom. The van der Waals surface area contributed by atoms with E-state index in [1.807, 2.05) is 25.6 Å². The van der Waals surface area contributed by atoms with Gasteiger partial charge in [-0.2, -0.15) is 5.10 Å². The van der Waals surface area contributed by atoms with Gasteiger partial charge in [0.15, 0.2) is 0 Å². The summed E-state index contributed by atoms with van der Waals surface area (Å²) in [5, 5.41) is 7.60. The number of morpholine rings is 1. The van der Waals surface area contributed by atoms with Crippen molar-refractivity contribution >= 4 is 11.8 Å². The predicted octanol–water partition coefficient (Wildman–Crippen LogP) is 0.406. The highest BCUT2D eigenvalue weighted by Crippen LogP contribution is 2.25. The van der Waals surface area contributed by atoms with Crippen molar-refractivity contribution in [3.8, 4) is 0 Å². The second-order valence-corrected chi connectivity index (χ2v) is 8.33. The highest BCUT2D eigenvalue weighted by molar-refractivity contribution is 5.77. The molecule has 0 radical (unpaired) electrons. The number of nitrogens with zero attached hydrogens (tertiary/aromatic N) is 4. The maximum absolute atomic E-state index is 12.5. The molecule has 3 heterocycles. The van der Waals surface area contributed by atoms with Gasteiger partial charge in [-0.25, -0.2) is 0 Å². The smallest absolute Gasteiger partial charge is 0.224 e. The minimum absolute atomic E-state index is 0.0582. The summed E-state index contributed by atoms with van der Waals surface area (Å²) >= 11 is 0. The highest BCUT2D eigenvalue weighted by atomic mass is 16.5. The van der Waals surface area contributed by atoms with Gasteiger partial charge >= 0.3 is 0 Å². The first-order valence-corrected chi connectivity index (χ1v) is 10.1. The maximum atomic E-state index is 12.5. The van der Waals surface area contributed by atoms with Gasteiger partial charge in [0.05, 0.1) is 24.8 Å². The second-order valence-electron chi connectivity index (χ2n) is 8.33. The molecule has 1 aromatic rings. The quantitative estimate of drug-likeness (QED) is 0.760. The first-order chi connectivity index (χ1) is 13.2. The van der Waals surface area contributed by atoms with Crippen LogP contribution in [0.1, 0.15) is 36.2 Å². The highest BCUT2D eigenvalue weighted by Gasteiger charge is 2.38. The Hall–Kier alpha value is -1.93. The van der Waals surface area contributed by atoms with Crippen LogP contribution >= 0.6 is 0 Å². The van der Waals surface area contributed by atoms with Gasteiger partial charge < -0.3 is 15.0 Å². The van der Waals surface area contributed by atoms with E-state index in [1.165, 1.54) is 5.56 Å². The lowest BCUT2D eigenvalue weighted by molar-refractivity contribution is -0.134. The Morgan fingerprint density at radius 2 is 2.04 bits per heavy atom. The van der Waals surface area contributed by atoms with E-state index in [-0.39, 0.29) is 24.0 Å². The van der Waals surface area contributed by atoms with Crippen molar-refractivity contribution in [3.05, 3.63) is 17.0 Å². The fourth-order valence-corrected chi connectivity index (χ4v) is 4.27. The molecule has 0 spiro atoms. The number of nitrogens with one attached hydrogen (secondary N) is 1. The molecular formula is C20H33N5O3. The molecular weight excluding hydrogens is 358 g/mol. The van der Waals surface area contributed by atoms with Crippen molar-refractivity contribution in [2.75, 3.05) is 33.8 Å². The Kier molecular flexibility index (Phi) is 6.40. The molecule has 3 rings (SSSR count). The summed E-state index contributed by atoms with van der Waals surface area (Å²) in [4.78, 5) is 28.3. The maximum Gasteiger partial charge on any atom is 0.224 e. The summed E-state index contributed by atoms with van der Waals surface area (Å²) in [6.45, 7) is 6.25. The van der Waals surface area contributed by atoms with E-state index >= 15 is 0 Å². The molecule has 0 aliphatic carbocycles. The van der Waals surface area contributed by atoms with Crippen LogP contribution in [-0.4, -0.2) is 83.4 Å². The number of rotatable bonds is 6. The van der Waals surface area contributed by atoms with E-state index in [9.17, 15) is 9.59 Å². The van der Waals surface area contributed by atoms with Crippen LogP contribution in [0.4, 0.5) is 0 Å². The Labute approximate surface area is 167 Å². The van der Waals surface area contributed by atoms with Gasteiger partial charge in [-0.05, 0) is 32.3 Å². The van der Waals surface area contributed by atoms with Gasteiger partial charge in [-0.15, -0.1) is 0 Å². The third-order valence-corrected chi connectivity index (χ3v) is 6.02. The van der Waals surface area contributed by atoms with Gasteiger partial charge in [-0.1, -0.05) is 0 Å². The fourth-order valence-electron chi connectivity index (χ4n) is 4.27. The minimum atomic E-state index is -0.0582. The van der Waals surface area contributed by atoms with Gasteiger partial charge in [0.1, 0.15) is 0 Å². The van der Waals surface area contributed by atoms with Crippen molar-refractivity contribution in [1.29, 1.82) is 0 Å². The summed E-state index contributed by atoms with van der Waals surface area (Å²) in [5.74, 6) is 0.182. The third kappa shape index (κ3) is 4.72. The van der Waals surface area contributed by atoms with Crippen LogP contribution in [0.25, 0.3) is 0 Å². The summed E-state index contributed by atoms with van der Waals surface area (Å²) in [6, 6.07) is 0.485. The molecule has 3 atom stereocenters. The van der Waals surface area contributed by atoms with Crippen molar-refractivity contribution in [1.82, 2.24) is 24.9 Å². The zero-order chi connectivity index (χ0) is 20.4. The molecule has 1 N–H and O–H groups in total. The summed E-state index contributed by atoms with van der Waals surface area (Å²) in [6.07, 6.45) is 2.46. The van der Waals surface area contributed by atoms with Crippen molar-refractivity contribution in [2.45, 2.75) is 57.7 Å². The van der Waals surface area contributed by atoms with Crippen LogP contribution < -0.4 is 5.32 Å². The van der Waals surface area contributed by atoms with Gasteiger partial charge in [0.25, 0.3) is 0 Å². The lowest BCUT2D eigenvalue weighted by Crippen LogP contribution is -2.47. The monoisotopic (exact) mass is 391 g/mol. The van der Waals surface area contributed by atoms with E-state index in [1.54, 1.807) is 19.0 Å². The lowest BCUT2D eigenvalue weighted by Gasteiger charge is -2.35. The average Bonchev–Trinajstić information content (AvgIpc) is 3.12. The molecule has 0 saturated carbocycles. The van der Waals surface area contributed by atoms with Crippen LogP contribution in [0.5, 0.6) is 0 Å². The van der Waals surface area contributed by atoms with E-state index in [2.05, 4.69) is 15.3 Å². The van der Waals surface area contributed by atoms with Crippen LogP contribution in [-0.2, 0) is 27.8 Å². The van der Waals surface area contributed by atoms with Crippen LogP contribution in [0.2, 0.25) is 0 Å². The van der Waals surface area contributed by atoms with Crippen LogP contribution in [0.15, 0.2) is 0 Å². The Bertz CT molecular complexity index is 730. The number of ether oxygens (including phenoxy) is 1. The molecule has 0 aromatic carbocycles. The third-order valence-electron chi connectivity index (χ3n) is 6.02. The first-order valence-electron chi connectivity index (χ1n) is 10.1. The van der Waals surface area contributed by atoms with Crippen LogP contribution in [0, 0.1) is 13.8 Å². The molecule has 2 amide bonds. The number of hydrogen-bond acceptors (Lipinski definition) is 5. The number of amides is 2. The average molecular weight is 392 g/mol. The molecule has 0 unspecified atom stereocenters. The molecule has 1 aromatic heterocycles. The van der Waals surface area contributed by atoms with Crippen molar-refractivity contribution in [3.63, 3.8) is 0 Å². The van der Waals surface area contributed by atoms with Crippen molar-refractivity contribution in [2.24, 2.45) is 7.05 Å². The van der Waals surface area contributed by atoms with Gasteiger partial charge in [-0.3, -0.25) is 19.2 Å². The van der Waals surface area contributed by atoms with Gasteiger partial charge in [0.2, 0.25) is 11.8 Å². The van der Waals surface area contributed by atoms with E-state index in [0.29, 0.717) is 25.5 Å². The van der Waals surface area contributed by atoms with Crippen molar-refractivity contribution < 1.29 is 14.3 Å². The lowest BCUT2D eigenvalue weighted by atomic mass is 10.1. The number of fused-ring (bicyclic) bond motifs is 1. The second kappa shape index (κ2) is 8.61. The number of hydrogen-bond donors (Lipinski definition) is 1. The Morgan fingerprint density at radius 1 is 1.29 bits per heavy atom. The topological polar surface area (TPSA) is 79.7 Å². The molecule has 2 saturated heterocycles. The minimum Gasteiger partial charge on any atom is -0.375 e.